The normalized spacial score (nSPS) is 10.9. The molecule has 0 unspecified atom stereocenters. The number of hydrogen-bond acceptors (Lipinski definition) is 8. The van der Waals surface area contributed by atoms with E-state index in [1.165, 1.54) is 164 Å². The maximum atomic E-state index is 10.4. The van der Waals surface area contributed by atoms with Crippen LogP contribution in [0.3, 0.4) is 0 Å². The minimum Gasteiger partial charge on any atom is -0.550 e. The molecular weight excluding hydrogens is 684 g/mol. The lowest BCUT2D eigenvalue weighted by molar-refractivity contribution is -0.929. The van der Waals surface area contributed by atoms with Crippen molar-refractivity contribution >= 4 is 23.9 Å². The molecule has 54 heavy (non-hydrogen) atoms. The summed E-state index contributed by atoms with van der Waals surface area (Å²) in [5, 5.41) is 19.5. The predicted octanol–water partition coefficient (Wildman–Crippen LogP) is 8.17. The van der Waals surface area contributed by atoms with Crippen LogP contribution in [-0.4, -0.2) is 98.4 Å². The Morgan fingerprint density at radius 3 is 0.667 bits per heavy atom. The maximum absolute atomic E-state index is 10.4. The number of unbranched alkanes of at least 4 members (excludes halogenated alkanes) is 8. The summed E-state index contributed by atoms with van der Waals surface area (Å²) in [6.45, 7) is 34.2. The molecule has 0 saturated heterocycles. The highest BCUT2D eigenvalue weighted by molar-refractivity contribution is 5.89. The van der Waals surface area contributed by atoms with Crippen LogP contribution in [0, 0.1) is 0 Å². The smallest absolute Gasteiger partial charge is 0.311 e. The molecule has 0 N–H and O–H groups in total. The summed E-state index contributed by atoms with van der Waals surface area (Å²) in [7, 11) is 0. The third-order valence-corrected chi connectivity index (χ3v) is 9.40. The number of rotatable bonds is 32. The van der Waals surface area contributed by atoms with Crippen LogP contribution in [0.4, 0.5) is 0 Å². The second kappa shape index (κ2) is 43.5. The Hall–Kier alpha value is -2.20. The van der Waals surface area contributed by atoms with E-state index in [9.17, 15) is 29.4 Å². The summed E-state index contributed by atoms with van der Waals surface area (Å²) in [6, 6.07) is 0. The van der Waals surface area contributed by atoms with E-state index in [0.717, 1.165) is 0 Å². The van der Waals surface area contributed by atoms with Crippen molar-refractivity contribution in [3.05, 3.63) is 0 Å². The highest BCUT2D eigenvalue weighted by Gasteiger charge is 2.25. The zero-order chi connectivity index (χ0) is 41.9. The highest BCUT2D eigenvalue weighted by Crippen LogP contribution is 2.17. The molecule has 0 atom stereocenters. The summed E-state index contributed by atoms with van der Waals surface area (Å²) in [4.78, 5) is 40.3. The number of nitrogens with zero attached hydrogens (tertiary/aromatic N) is 2. The van der Waals surface area contributed by atoms with Crippen LogP contribution in [0.5, 0.6) is 0 Å². The Morgan fingerprint density at radius 2 is 0.537 bits per heavy atom. The molecule has 0 radical (unpaired) electrons. The van der Waals surface area contributed by atoms with Crippen LogP contribution in [0.1, 0.15) is 198 Å². The molecule has 0 bridgehead atoms. The van der Waals surface area contributed by atoms with Crippen molar-refractivity contribution in [2.75, 3.05) is 65.6 Å². The quantitative estimate of drug-likeness (QED) is 0.0380. The summed E-state index contributed by atoms with van der Waals surface area (Å²) in [5.41, 5.74) is 0. The Labute approximate surface area is 334 Å². The third kappa shape index (κ3) is 41.0. The van der Waals surface area contributed by atoms with Gasteiger partial charge >= 0.3 is 11.9 Å². The largest absolute Gasteiger partial charge is 0.550 e. The Morgan fingerprint density at radius 1 is 0.352 bits per heavy atom. The van der Waals surface area contributed by atoms with E-state index in [2.05, 4.69) is 64.9 Å². The van der Waals surface area contributed by atoms with E-state index in [4.69, 9.17) is 0 Å². The fraction of sp³-hybridized carbons (Fsp3) is 0.909. The van der Waals surface area contributed by atoms with Gasteiger partial charge in [0, 0.05) is 0 Å². The lowest BCUT2D eigenvalue weighted by Gasteiger charge is -2.39. The van der Waals surface area contributed by atoms with E-state index in [-0.39, 0.29) is 13.2 Å². The molecule has 0 fully saturated rings. The number of esters is 2. The molecule has 0 aromatic rings. The summed E-state index contributed by atoms with van der Waals surface area (Å²) < 4.78 is 11.7. The van der Waals surface area contributed by atoms with Crippen LogP contribution in [0.15, 0.2) is 0 Å². The lowest BCUT2D eigenvalue weighted by Crippen LogP contribution is -2.50. The van der Waals surface area contributed by atoms with Gasteiger partial charge in [-0.25, -0.2) is 0 Å². The Bertz CT molecular complexity index is 709. The molecule has 0 aromatic heterocycles. The number of carbonyl (C=O) groups excluding carboxylic acids is 4. The molecule has 0 aliphatic heterocycles. The van der Waals surface area contributed by atoms with Crippen LogP contribution in [0.25, 0.3) is 0 Å². The molecule has 10 nitrogen and oxygen atoms in total. The van der Waals surface area contributed by atoms with Crippen molar-refractivity contribution in [3.8, 4) is 0 Å². The van der Waals surface area contributed by atoms with E-state index in [1.807, 2.05) is 13.8 Å². The Kier molecular flexibility index (Phi) is 47.2. The van der Waals surface area contributed by atoms with Gasteiger partial charge in [-0.2, -0.15) is 0 Å². The molecule has 0 rings (SSSR count). The average Bonchev–Trinajstić information content (AvgIpc) is 3.15. The van der Waals surface area contributed by atoms with Crippen LogP contribution in [0.2, 0.25) is 0 Å². The van der Waals surface area contributed by atoms with Crippen molar-refractivity contribution in [1.82, 2.24) is 0 Å². The second-order valence-corrected chi connectivity index (χ2v) is 14.8. The number of aliphatic carboxylic acids is 2. The second-order valence-electron chi connectivity index (χ2n) is 14.8. The highest BCUT2D eigenvalue weighted by atomic mass is 16.5. The van der Waals surface area contributed by atoms with E-state index >= 15 is 0 Å². The summed E-state index contributed by atoms with van der Waals surface area (Å²) in [5.74, 6) is -4.27. The number of carboxylic acids is 2. The van der Waals surface area contributed by atoms with Gasteiger partial charge in [-0.15, -0.1) is 0 Å². The Balaban J connectivity index is -0.000000318. The van der Waals surface area contributed by atoms with E-state index in [0.29, 0.717) is 12.8 Å². The van der Waals surface area contributed by atoms with Crippen molar-refractivity contribution in [2.24, 2.45) is 0 Å². The SMILES string of the molecule is CCCC[N+](CCCC)(CCCC)CCCC.CCCC[N+](CCCC)(CCCC)CCCC.CCCOC(=O)CC(=O)[O-].CCCOC(=O)CC(=O)[O-]. The van der Waals surface area contributed by atoms with Crippen LogP contribution >= 0.6 is 0 Å². The number of hydrogen-bond donors (Lipinski definition) is 0. The predicted molar refractivity (Wildman–Crippen MR) is 220 cm³/mol. The van der Waals surface area contributed by atoms with Gasteiger partial charge in [0.2, 0.25) is 0 Å². The van der Waals surface area contributed by atoms with Crippen molar-refractivity contribution < 1.29 is 47.8 Å². The van der Waals surface area contributed by atoms with Gasteiger partial charge in [-0.05, 0) is 64.2 Å². The monoisotopic (exact) mass is 775 g/mol. The van der Waals surface area contributed by atoms with Crippen molar-refractivity contribution in [1.29, 1.82) is 0 Å². The zero-order valence-corrected chi connectivity index (χ0v) is 37.4. The van der Waals surface area contributed by atoms with Crippen LogP contribution in [-0.2, 0) is 28.7 Å². The molecule has 0 spiro atoms. The number of quaternary nitrogens is 2. The maximum Gasteiger partial charge on any atom is 0.311 e. The molecule has 0 amide bonds. The van der Waals surface area contributed by atoms with Gasteiger partial charge in [0.25, 0.3) is 0 Å². The first kappa shape index (κ1) is 58.5. The van der Waals surface area contributed by atoms with Gasteiger partial charge < -0.3 is 38.2 Å². The number of ether oxygens (including phenoxy) is 2. The zero-order valence-electron chi connectivity index (χ0n) is 37.4. The van der Waals surface area contributed by atoms with Gasteiger partial charge in [0.15, 0.2) is 0 Å². The van der Waals surface area contributed by atoms with E-state index in [1.54, 1.807) is 0 Å². The molecule has 0 heterocycles. The lowest BCUT2D eigenvalue weighted by atomic mass is 10.1. The molecule has 324 valence electrons. The summed E-state index contributed by atoms with van der Waals surface area (Å²) in [6.07, 6.45) is 22.2. The molecular formula is C44H90N2O8. The first-order valence-electron chi connectivity index (χ1n) is 22.2. The van der Waals surface area contributed by atoms with Crippen molar-refractivity contribution in [3.63, 3.8) is 0 Å². The van der Waals surface area contributed by atoms with Gasteiger partial charge in [-0.3, -0.25) is 9.59 Å². The van der Waals surface area contributed by atoms with Crippen LogP contribution < -0.4 is 10.2 Å². The van der Waals surface area contributed by atoms with Gasteiger partial charge in [0.1, 0.15) is 0 Å². The summed E-state index contributed by atoms with van der Waals surface area (Å²) >= 11 is 0. The average molecular weight is 775 g/mol. The molecule has 0 aromatic carbocycles. The first-order valence-corrected chi connectivity index (χ1v) is 22.2. The number of carboxylic acid groups (broad SMARTS) is 2. The van der Waals surface area contributed by atoms with Gasteiger partial charge in [0.05, 0.1) is 90.4 Å². The fourth-order valence-electron chi connectivity index (χ4n) is 6.06. The third-order valence-electron chi connectivity index (χ3n) is 9.40. The molecule has 10 heteroatoms. The molecule has 0 aliphatic rings. The standard InChI is InChI=1S/2C16H36N.2C6H10O4/c2*1-5-9-13-17(14-10-6-2,15-11-7-3)16-12-8-4;2*1-2-3-10-6(9)4-5(7)8/h2*5-16H2,1-4H3;2*2-4H2,1H3,(H,7,8)/q2*+1;;/p-2. The van der Waals surface area contributed by atoms with Crippen molar-refractivity contribution in [2.45, 2.75) is 198 Å². The minimum absolute atomic E-state index is 0.270. The molecule has 0 aliphatic carbocycles. The first-order chi connectivity index (χ1) is 25.8. The number of carbonyl (C=O) groups is 4. The topological polar surface area (TPSA) is 133 Å². The van der Waals surface area contributed by atoms with E-state index < -0.39 is 36.7 Å². The molecule has 0 saturated carbocycles. The minimum atomic E-state index is -1.40. The fourth-order valence-corrected chi connectivity index (χ4v) is 6.06. The van der Waals surface area contributed by atoms with Gasteiger partial charge in [-0.1, -0.05) is 121 Å².